The number of Topliss-reactive ketones (excluding diaryl/α,β-unsaturated/α-hetero) is 1. The molecule has 1 unspecified atom stereocenters. The van der Waals surface area contributed by atoms with Gasteiger partial charge in [0.25, 0.3) is 11.7 Å². The van der Waals surface area contributed by atoms with Crippen molar-refractivity contribution in [2.45, 2.75) is 12.6 Å². The molecule has 1 aliphatic rings. The lowest BCUT2D eigenvalue weighted by molar-refractivity contribution is -0.140. The first-order chi connectivity index (χ1) is 15.0. The van der Waals surface area contributed by atoms with Crippen LogP contribution in [0.1, 0.15) is 22.7 Å². The van der Waals surface area contributed by atoms with Crippen LogP contribution >= 0.6 is 22.6 Å². The van der Waals surface area contributed by atoms with Crippen LogP contribution in [-0.2, 0) is 16.1 Å². The highest BCUT2D eigenvalue weighted by molar-refractivity contribution is 14.1. The minimum atomic E-state index is -0.695. The van der Waals surface area contributed by atoms with Crippen molar-refractivity contribution in [1.29, 1.82) is 0 Å². The highest BCUT2D eigenvalue weighted by Gasteiger charge is 2.46. The number of ether oxygens (including phenoxy) is 1. The van der Waals surface area contributed by atoms with Gasteiger partial charge >= 0.3 is 0 Å². The van der Waals surface area contributed by atoms with Gasteiger partial charge in [-0.15, -0.1) is 0 Å². The second-order valence-electron chi connectivity index (χ2n) is 7.20. The Morgan fingerprint density at radius 1 is 1.00 bits per heavy atom. The Kier molecular flexibility index (Phi) is 6.08. The number of aliphatic hydroxyl groups excluding tert-OH is 1. The van der Waals surface area contributed by atoms with Gasteiger partial charge in [-0.25, -0.2) is 0 Å². The SMILES string of the molecule is COc1cccc(/C(O)=C2\C(=O)C(=O)N(Cc3ccccc3)C2c2ccc(I)cc2)c1. The highest BCUT2D eigenvalue weighted by atomic mass is 127. The number of halogens is 1. The predicted molar refractivity (Wildman–Crippen MR) is 126 cm³/mol. The second kappa shape index (κ2) is 8.93. The summed E-state index contributed by atoms with van der Waals surface area (Å²) in [5, 5.41) is 11.1. The Bertz CT molecular complexity index is 1160. The van der Waals surface area contributed by atoms with Gasteiger partial charge in [0.2, 0.25) is 0 Å². The van der Waals surface area contributed by atoms with Crippen LogP contribution in [-0.4, -0.2) is 28.8 Å². The summed E-state index contributed by atoms with van der Waals surface area (Å²) in [6.07, 6.45) is 0. The molecule has 156 valence electrons. The molecule has 6 heteroatoms. The standard InChI is InChI=1S/C25H20INO4/c1-31-20-9-5-8-18(14-20)23(28)21-22(17-10-12-19(26)13-11-17)27(25(30)24(21)29)15-16-6-3-2-4-7-16/h2-14,22,28H,15H2,1H3/b23-21+. The number of ketones is 1. The lowest BCUT2D eigenvalue weighted by Gasteiger charge is -2.25. The lowest BCUT2D eigenvalue weighted by Crippen LogP contribution is -2.29. The number of hydrogen-bond acceptors (Lipinski definition) is 4. The third-order valence-corrected chi connectivity index (χ3v) is 5.98. The van der Waals surface area contributed by atoms with Crippen LogP contribution in [0, 0.1) is 3.57 Å². The van der Waals surface area contributed by atoms with Gasteiger partial charge in [-0.05, 0) is 58.0 Å². The molecule has 1 fully saturated rings. The van der Waals surface area contributed by atoms with Crippen molar-refractivity contribution in [2.24, 2.45) is 0 Å². The number of benzene rings is 3. The first-order valence-corrected chi connectivity index (χ1v) is 10.8. The second-order valence-corrected chi connectivity index (χ2v) is 8.44. The van der Waals surface area contributed by atoms with Gasteiger partial charge in [0, 0.05) is 15.7 Å². The number of carbonyl (C=O) groups is 2. The molecule has 0 saturated carbocycles. The lowest BCUT2D eigenvalue weighted by atomic mass is 9.95. The molecular formula is C25H20INO4. The number of rotatable bonds is 5. The molecule has 0 radical (unpaired) electrons. The molecule has 1 aliphatic heterocycles. The van der Waals surface area contributed by atoms with Crippen molar-refractivity contribution < 1.29 is 19.4 Å². The van der Waals surface area contributed by atoms with Crippen LogP contribution in [0.2, 0.25) is 0 Å². The van der Waals surface area contributed by atoms with Gasteiger partial charge in [-0.1, -0.05) is 54.6 Å². The smallest absolute Gasteiger partial charge is 0.295 e. The molecule has 31 heavy (non-hydrogen) atoms. The zero-order valence-corrected chi connectivity index (χ0v) is 18.9. The van der Waals surface area contributed by atoms with E-state index in [1.54, 1.807) is 24.3 Å². The molecule has 3 aromatic rings. The van der Waals surface area contributed by atoms with Gasteiger partial charge in [0.1, 0.15) is 11.5 Å². The average molecular weight is 525 g/mol. The maximum atomic E-state index is 13.1. The minimum absolute atomic E-state index is 0.0791. The number of likely N-dealkylation sites (tertiary alicyclic amines) is 1. The molecule has 1 atom stereocenters. The maximum Gasteiger partial charge on any atom is 0.295 e. The molecule has 1 heterocycles. The fourth-order valence-corrected chi connectivity index (χ4v) is 4.10. The van der Waals surface area contributed by atoms with Gasteiger partial charge in [-0.2, -0.15) is 0 Å². The van der Waals surface area contributed by atoms with Crippen LogP contribution in [0.3, 0.4) is 0 Å². The summed E-state index contributed by atoms with van der Waals surface area (Å²) in [5.74, 6) is -0.985. The van der Waals surface area contributed by atoms with E-state index in [9.17, 15) is 14.7 Å². The van der Waals surface area contributed by atoms with Crippen molar-refractivity contribution in [1.82, 2.24) is 4.90 Å². The van der Waals surface area contributed by atoms with E-state index in [1.807, 2.05) is 54.6 Å². The zero-order chi connectivity index (χ0) is 22.0. The fourth-order valence-electron chi connectivity index (χ4n) is 3.74. The highest BCUT2D eigenvalue weighted by Crippen LogP contribution is 2.40. The Labute approximate surface area is 194 Å². The summed E-state index contributed by atoms with van der Waals surface area (Å²) in [7, 11) is 1.53. The molecule has 3 aromatic carbocycles. The van der Waals surface area contributed by atoms with Crippen molar-refractivity contribution in [2.75, 3.05) is 7.11 Å². The summed E-state index contributed by atoms with van der Waals surface area (Å²) < 4.78 is 6.28. The fraction of sp³-hybridized carbons (Fsp3) is 0.120. The van der Waals surface area contributed by atoms with Crippen LogP contribution in [0.15, 0.2) is 84.4 Å². The Hall–Kier alpha value is -3.13. The van der Waals surface area contributed by atoms with Crippen molar-refractivity contribution in [3.8, 4) is 5.75 Å². The van der Waals surface area contributed by atoms with E-state index in [-0.39, 0.29) is 17.9 Å². The van der Waals surface area contributed by atoms with E-state index >= 15 is 0 Å². The molecule has 0 aliphatic carbocycles. The molecule has 1 amide bonds. The summed E-state index contributed by atoms with van der Waals surface area (Å²) >= 11 is 2.20. The van der Waals surface area contributed by atoms with Gasteiger partial charge < -0.3 is 14.7 Å². The van der Waals surface area contributed by atoms with E-state index in [1.165, 1.54) is 12.0 Å². The van der Waals surface area contributed by atoms with Gasteiger partial charge in [0.05, 0.1) is 18.7 Å². The largest absolute Gasteiger partial charge is 0.507 e. The van der Waals surface area contributed by atoms with Gasteiger partial charge in [0.15, 0.2) is 0 Å². The summed E-state index contributed by atoms with van der Waals surface area (Å²) in [6, 6.07) is 23.2. The average Bonchev–Trinajstić information content (AvgIpc) is 3.05. The summed E-state index contributed by atoms with van der Waals surface area (Å²) in [4.78, 5) is 27.6. The number of aliphatic hydroxyl groups is 1. The third-order valence-electron chi connectivity index (χ3n) is 5.26. The van der Waals surface area contributed by atoms with Gasteiger partial charge in [-0.3, -0.25) is 9.59 Å². The Morgan fingerprint density at radius 2 is 1.71 bits per heavy atom. The van der Waals surface area contributed by atoms with Crippen LogP contribution in [0.5, 0.6) is 5.75 Å². The quantitative estimate of drug-likeness (QED) is 0.222. The number of methoxy groups -OCH3 is 1. The van der Waals surface area contributed by atoms with E-state index in [0.29, 0.717) is 11.3 Å². The number of carbonyl (C=O) groups excluding carboxylic acids is 2. The molecule has 4 rings (SSSR count). The third kappa shape index (κ3) is 4.20. The topological polar surface area (TPSA) is 66.8 Å². The molecule has 0 spiro atoms. The predicted octanol–water partition coefficient (Wildman–Crippen LogP) is 4.92. The molecule has 1 saturated heterocycles. The first-order valence-electron chi connectivity index (χ1n) is 9.72. The molecule has 0 bridgehead atoms. The van der Waals surface area contributed by atoms with Crippen molar-refractivity contribution in [3.63, 3.8) is 0 Å². The van der Waals surface area contributed by atoms with E-state index < -0.39 is 17.7 Å². The van der Waals surface area contributed by atoms with Crippen molar-refractivity contribution in [3.05, 3.63) is 105 Å². The Morgan fingerprint density at radius 3 is 2.39 bits per heavy atom. The summed E-state index contributed by atoms with van der Waals surface area (Å²) in [6.45, 7) is 0.261. The van der Waals surface area contributed by atoms with Crippen LogP contribution < -0.4 is 4.74 Å². The minimum Gasteiger partial charge on any atom is -0.507 e. The maximum absolute atomic E-state index is 13.1. The van der Waals surface area contributed by atoms with E-state index in [2.05, 4.69) is 22.6 Å². The van der Waals surface area contributed by atoms with E-state index in [0.717, 1.165) is 14.7 Å². The first kappa shape index (κ1) is 21.1. The zero-order valence-electron chi connectivity index (χ0n) is 16.8. The monoisotopic (exact) mass is 525 g/mol. The number of hydrogen-bond donors (Lipinski definition) is 1. The number of amides is 1. The number of nitrogens with zero attached hydrogens (tertiary/aromatic N) is 1. The van der Waals surface area contributed by atoms with Crippen molar-refractivity contribution >= 4 is 40.0 Å². The molecular weight excluding hydrogens is 505 g/mol. The summed E-state index contributed by atoms with van der Waals surface area (Å²) in [5.41, 5.74) is 2.17. The molecule has 0 aromatic heterocycles. The normalized spacial score (nSPS) is 17.7. The van der Waals surface area contributed by atoms with E-state index in [4.69, 9.17) is 4.74 Å². The Balaban J connectivity index is 1.86. The van der Waals surface area contributed by atoms with Crippen LogP contribution in [0.25, 0.3) is 5.76 Å². The molecule has 1 N–H and O–H groups in total. The molecule has 5 nitrogen and oxygen atoms in total. The van der Waals surface area contributed by atoms with Crippen LogP contribution in [0.4, 0.5) is 0 Å².